The summed E-state index contributed by atoms with van der Waals surface area (Å²) in [6, 6.07) is 9.74. The van der Waals surface area contributed by atoms with Crippen molar-refractivity contribution in [2.75, 3.05) is 13.6 Å². The van der Waals surface area contributed by atoms with Crippen LogP contribution in [0.15, 0.2) is 28.7 Å². The highest BCUT2D eigenvalue weighted by Gasteiger charge is 2.11. The molecule has 0 aliphatic carbocycles. The number of hydrogen-bond donors (Lipinski definition) is 1. The third-order valence-electron chi connectivity index (χ3n) is 3.76. The highest BCUT2D eigenvalue weighted by Crippen LogP contribution is 2.13. The van der Waals surface area contributed by atoms with E-state index in [0.29, 0.717) is 12.1 Å². The first-order valence-electron chi connectivity index (χ1n) is 7.24. The maximum Gasteiger partial charge on any atom is 0.0234 e. The van der Waals surface area contributed by atoms with E-state index in [9.17, 15) is 0 Å². The van der Waals surface area contributed by atoms with Crippen molar-refractivity contribution >= 4 is 15.9 Å². The number of likely N-dealkylation sites (N-methyl/N-ethyl adjacent to an activating group) is 1. The van der Waals surface area contributed by atoms with Gasteiger partial charge in [-0.15, -0.1) is 0 Å². The Morgan fingerprint density at radius 1 is 1.26 bits per heavy atom. The lowest BCUT2D eigenvalue weighted by atomic mass is 10.1. The molecule has 0 fully saturated rings. The Labute approximate surface area is 126 Å². The van der Waals surface area contributed by atoms with Gasteiger partial charge in [0, 0.05) is 29.6 Å². The summed E-state index contributed by atoms with van der Waals surface area (Å²) < 4.78 is 1.15. The Morgan fingerprint density at radius 3 is 2.53 bits per heavy atom. The van der Waals surface area contributed by atoms with Crippen LogP contribution in [-0.4, -0.2) is 30.6 Å². The molecule has 0 saturated carbocycles. The molecule has 3 heteroatoms. The van der Waals surface area contributed by atoms with Gasteiger partial charge in [-0.05, 0) is 44.5 Å². The number of nitrogens with zero attached hydrogens (tertiary/aromatic N) is 1. The summed E-state index contributed by atoms with van der Waals surface area (Å²) in [5, 5.41) is 3.65. The van der Waals surface area contributed by atoms with Crippen LogP contribution in [0.2, 0.25) is 0 Å². The van der Waals surface area contributed by atoms with Gasteiger partial charge in [0.15, 0.2) is 0 Å². The lowest BCUT2D eigenvalue weighted by Crippen LogP contribution is -2.41. The average molecular weight is 327 g/mol. The Morgan fingerprint density at radius 2 is 1.95 bits per heavy atom. The molecular formula is C16H27BrN2. The Kier molecular flexibility index (Phi) is 7.66. The van der Waals surface area contributed by atoms with Gasteiger partial charge in [-0.2, -0.15) is 0 Å². The van der Waals surface area contributed by atoms with E-state index in [1.807, 2.05) is 0 Å². The summed E-state index contributed by atoms with van der Waals surface area (Å²) in [5.41, 5.74) is 1.35. The van der Waals surface area contributed by atoms with E-state index in [2.05, 4.69) is 78.2 Å². The van der Waals surface area contributed by atoms with Crippen molar-refractivity contribution in [2.24, 2.45) is 0 Å². The highest BCUT2D eigenvalue weighted by atomic mass is 79.9. The van der Waals surface area contributed by atoms with Crippen molar-refractivity contribution in [3.8, 4) is 0 Å². The second-order valence-corrected chi connectivity index (χ2v) is 6.23. The van der Waals surface area contributed by atoms with Crippen molar-refractivity contribution < 1.29 is 0 Å². The van der Waals surface area contributed by atoms with Gasteiger partial charge in [0.25, 0.3) is 0 Å². The Bertz CT molecular complexity index is 364. The van der Waals surface area contributed by atoms with Crippen LogP contribution in [0.4, 0.5) is 0 Å². The SMILES string of the molecule is CCC(CC)NCC(C)N(C)Cc1cccc(Br)c1. The topological polar surface area (TPSA) is 15.3 Å². The van der Waals surface area contributed by atoms with E-state index in [1.165, 1.54) is 18.4 Å². The third kappa shape index (κ3) is 6.07. The molecule has 1 aromatic carbocycles. The van der Waals surface area contributed by atoms with Crippen LogP contribution < -0.4 is 5.32 Å². The monoisotopic (exact) mass is 326 g/mol. The summed E-state index contributed by atoms with van der Waals surface area (Å²) in [6.45, 7) is 8.82. The smallest absolute Gasteiger partial charge is 0.0234 e. The first kappa shape index (κ1) is 16.7. The van der Waals surface area contributed by atoms with Gasteiger partial charge in [0.05, 0.1) is 0 Å². The minimum atomic E-state index is 0.541. The van der Waals surface area contributed by atoms with Crippen molar-refractivity contribution in [3.05, 3.63) is 34.3 Å². The van der Waals surface area contributed by atoms with Gasteiger partial charge in [-0.25, -0.2) is 0 Å². The van der Waals surface area contributed by atoms with Gasteiger partial charge < -0.3 is 5.32 Å². The third-order valence-corrected chi connectivity index (χ3v) is 4.25. The number of benzene rings is 1. The summed E-state index contributed by atoms with van der Waals surface area (Å²) in [7, 11) is 2.19. The molecule has 108 valence electrons. The summed E-state index contributed by atoms with van der Waals surface area (Å²) >= 11 is 3.53. The van der Waals surface area contributed by atoms with Crippen molar-refractivity contribution in [1.29, 1.82) is 0 Å². The number of halogens is 1. The summed E-state index contributed by atoms with van der Waals surface area (Å²) in [6.07, 6.45) is 2.41. The van der Waals surface area contributed by atoms with Crippen LogP contribution in [0.5, 0.6) is 0 Å². The Balaban J connectivity index is 2.42. The van der Waals surface area contributed by atoms with Crippen molar-refractivity contribution in [1.82, 2.24) is 10.2 Å². The van der Waals surface area contributed by atoms with E-state index < -0.39 is 0 Å². The molecule has 2 nitrogen and oxygen atoms in total. The maximum atomic E-state index is 3.65. The normalized spacial score (nSPS) is 13.2. The van der Waals surface area contributed by atoms with E-state index in [4.69, 9.17) is 0 Å². The molecule has 0 aliphatic rings. The number of hydrogen-bond acceptors (Lipinski definition) is 2. The van der Waals surface area contributed by atoms with Gasteiger partial charge in [0.1, 0.15) is 0 Å². The molecule has 1 unspecified atom stereocenters. The number of nitrogens with one attached hydrogen (secondary N) is 1. The van der Waals surface area contributed by atoms with Gasteiger partial charge >= 0.3 is 0 Å². The average Bonchev–Trinajstić information content (AvgIpc) is 2.39. The molecule has 0 radical (unpaired) electrons. The highest BCUT2D eigenvalue weighted by molar-refractivity contribution is 9.10. The van der Waals surface area contributed by atoms with Gasteiger partial charge in [0.2, 0.25) is 0 Å². The predicted octanol–water partition coefficient (Wildman–Crippen LogP) is 4.05. The second kappa shape index (κ2) is 8.72. The molecule has 1 N–H and O–H groups in total. The maximum absolute atomic E-state index is 3.65. The number of rotatable bonds is 8. The van der Waals surface area contributed by atoms with E-state index in [0.717, 1.165) is 17.6 Å². The van der Waals surface area contributed by atoms with Crippen LogP contribution in [0.3, 0.4) is 0 Å². The molecule has 1 atom stereocenters. The van der Waals surface area contributed by atoms with E-state index in [-0.39, 0.29) is 0 Å². The molecule has 1 rings (SSSR count). The first-order chi connectivity index (χ1) is 9.06. The molecule has 0 amide bonds. The fraction of sp³-hybridized carbons (Fsp3) is 0.625. The molecule has 0 spiro atoms. The van der Waals surface area contributed by atoms with Crippen LogP contribution in [0, 0.1) is 0 Å². The predicted molar refractivity (Wildman–Crippen MR) is 87.4 cm³/mol. The summed E-state index contributed by atoms with van der Waals surface area (Å²) in [4.78, 5) is 2.40. The summed E-state index contributed by atoms with van der Waals surface area (Å²) in [5.74, 6) is 0. The minimum Gasteiger partial charge on any atom is -0.312 e. The first-order valence-corrected chi connectivity index (χ1v) is 8.04. The standard InChI is InChI=1S/C16H27BrN2/c1-5-16(6-2)18-11-13(3)19(4)12-14-8-7-9-15(17)10-14/h7-10,13,16,18H,5-6,11-12H2,1-4H3. The van der Waals surface area contributed by atoms with Gasteiger partial charge in [-0.1, -0.05) is 41.9 Å². The van der Waals surface area contributed by atoms with Crippen LogP contribution in [-0.2, 0) is 6.54 Å². The van der Waals surface area contributed by atoms with E-state index >= 15 is 0 Å². The van der Waals surface area contributed by atoms with Crippen LogP contribution in [0.1, 0.15) is 39.2 Å². The Hall–Kier alpha value is -0.380. The fourth-order valence-corrected chi connectivity index (χ4v) is 2.60. The zero-order valence-electron chi connectivity index (χ0n) is 12.6. The lowest BCUT2D eigenvalue weighted by molar-refractivity contribution is 0.235. The van der Waals surface area contributed by atoms with Crippen molar-refractivity contribution in [3.63, 3.8) is 0 Å². The van der Waals surface area contributed by atoms with Crippen molar-refractivity contribution in [2.45, 2.75) is 52.2 Å². The zero-order valence-corrected chi connectivity index (χ0v) is 14.2. The molecule has 0 bridgehead atoms. The van der Waals surface area contributed by atoms with Gasteiger partial charge in [-0.3, -0.25) is 4.90 Å². The quantitative estimate of drug-likeness (QED) is 0.775. The molecule has 0 heterocycles. The second-order valence-electron chi connectivity index (χ2n) is 5.32. The molecular weight excluding hydrogens is 300 g/mol. The van der Waals surface area contributed by atoms with E-state index in [1.54, 1.807) is 0 Å². The van der Waals surface area contributed by atoms with Crippen LogP contribution >= 0.6 is 15.9 Å². The largest absolute Gasteiger partial charge is 0.312 e. The minimum absolute atomic E-state index is 0.541. The zero-order chi connectivity index (χ0) is 14.3. The molecule has 19 heavy (non-hydrogen) atoms. The van der Waals surface area contributed by atoms with Crippen LogP contribution in [0.25, 0.3) is 0 Å². The molecule has 1 aromatic rings. The molecule has 0 aromatic heterocycles. The lowest BCUT2D eigenvalue weighted by Gasteiger charge is -2.27. The molecule has 0 saturated heterocycles. The fourth-order valence-electron chi connectivity index (χ4n) is 2.15. The molecule has 0 aliphatic heterocycles.